The molecule has 0 bridgehead atoms. The first-order valence-corrected chi connectivity index (χ1v) is 14.7. The van der Waals surface area contributed by atoms with Crippen LogP contribution in [0.25, 0.3) is 0 Å². The van der Waals surface area contributed by atoms with Gasteiger partial charge in [-0.15, -0.1) is 0 Å². The fraction of sp³-hybridized carbons (Fsp3) is 0.536. The molecule has 2 N–H and O–H groups in total. The van der Waals surface area contributed by atoms with E-state index in [9.17, 15) is 18.3 Å². The molecule has 0 aromatic heterocycles. The number of hydrogen-bond donors (Lipinski definition) is 2. The van der Waals surface area contributed by atoms with Crippen LogP contribution in [0.1, 0.15) is 25.8 Å². The molecule has 2 aliphatic rings. The highest BCUT2D eigenvalue weighted by Crippen LogP contribution is 2.33. The lowest BCUT2D eigenvalue weighted by atomic mass is 10.0. The topological polar surface area (TPSA) is 124 Å². The summed E-state index contributed by atoms with van der Waals surface area (Å²) < 4.78 is 50.3. The van der Waals surface area contributed by atoms with Crippen LogP contribution in [0.5, 0.6) is 5.75 Å². The highest BCUT2D eigenvalue weighted by molar-refractivity contribution is 7.89. The summed E-state index contributed by atoms with van der Waals surface area (Å²) in [7, 11) is -2.43. The zero-order valence-corrected chi connectivity index (χ0v) is 23.4. The lowest BCUT2D eigenvalue weighted by Crippen LogP contribution is -2.51. The van der Waals surface area contributed by atoms with Crippen molar-refractivity contribution in [2.75, 3.05) is 33.4 Å². The lowest BCUT2D eigenvalue weighted by Gasteiger charge is -2.31. The van der Waals surface area contributed by atoms with E-state index in [-0.39, 0.29) is 49.1 Å². The van der Waals surface area contributed by atoms with E-state index < -0.39 is 34.4 Å². The van der Waals surface area contributed by atoms with Crippen LogP contribution < -0.4 is 10.1 Å². The Morgan fingerprint density at radius 2 is 1.82 bits per heavy atom. The zero-order chi connectivity index (χ0) is 28.0. The van der Waals surface area contributed by atoms with E-state index in [2.05, 4.69) is 5.32 Å². The van der Waals surface area contributed by atoms with Crippen LogP contribution in [0, 0.1) is 11.8 Å². The van der Waals surface area contributed by atoms with E-state index in [1.54, 1.807) is 12.1 Å². The molecule has 2 aliphatic heterocycles. The van der Waals surface area contributed by atoms with Crippen LogP contribution in [0.3, 0.4) is 0 Å². The molecule has 5 atom stereocenters. The number of carbonyl (C=O) groups excluding carboxylic acids is 1. The second-order valence-electron chi connectivity index (χ2n) is 10.4. The third-order valence-corrected chi connectivity index (χ3v) is 8.81. The van der Waals surface area contributed by atoms with Crippen molar-refractivity contribution in [2.45, 2.75) is 56.1 Å². The molecule has 4 rings (SSSR count). The predicted octanol–water partition coefficient (Wildman–Crippen LogP) is 2.80. The van der Waals surface area contributed by atoms with Crippen LogP contribution in [0.15, 0.2) is 59.5 Å². The van der Waals surface area contributed by atoms with Gasteiger partial charge in [0.2, 0.25) is 10.0 Å². The van der Waals surface area contributed by atoms with Crippen LogP contribution in [0.2, 0.25) is 0 Å². The van der Waals surface area contributed by atoms with Crippen molar-refractivity contribution < 1.29 is 37.3 Å². The Hall–Kier alpha value is -2.70. The SMILES string of the molecule is COc1ccc(S(=O)(=O)N(CC(C)C)C[C@@H](O)[C@H](Cc2ccccc2)NC(=O)O[C@@H]2CO[C@H]3OCC[C@H]32)cc1. The first-order valence-electron chi connectivity index (χ1n) is 13.2. The summed E-state index contributed by atoms with van der Waals surface area (Å²) in [6, 6.07) is 14.7. The number of ether oxygens (including phenoxy) is 4. The molecular formula is C28H38N2O8S. The minimum atomic E-state index is -3.94. The summed E-state index contributed by atoms with van der Waals surface area (Å²) in [4.78, 5) is 13.0. The normalized spacial score (nSPS) is 22.5. The van der Waals surface area contributed by atoms with Gasteiger partial charge in [-0.25, -0.2) is 13.2 Å². The minimum Gasteiger partial charge on any atom is -0.497 e. The summed E-state index contributed by atoms with van der Waals surface area (Å²) in [5, 5.41) is 14.2. The van der Waals surface area contributed by atoms with Crippen molar-refractivity contribution in [1.29, 1.82) is 0 Å². The lowest BCUT2D eigenvalue weighted by molar-refractivity contribution is -0.0907. The molecule has 39 heavy (non-hydrogen) atoms. The van der Waals surface area contributed by atoms with E-state index in [1.807, 2.05) is 44.2 Å². The Kier molecular flexibility index (Phi) is 9.84. The first kappa shape index (κ1) is 29.3. The van der Waals surface area contributed by atoms with Crippen LogP contribution in [-0.4, -0.2) is 81.9 Å². The number of fused-ring (bicyclic) bond motifs is 1. The Labute approximate surface area is 230 Å². The molecule has 2 fully saturated rings. The number of sulfonamides is 1. The van der Waals surface area contributed by atoms with Crippen molar-refractivity contribution in [1.82, 2.24) is 9.62 Å². The highest BCUT2D eigenvalue weighted by Gasteiger charge is 2.44. The molecule has 10 nitrogen and oxygen atoms in total. The quantitative estimate of drug-likeness (QED) is 0.405. The van der Waals surface area contributed by atoms with Crippen molar-refractivity contribution >= 4 is 16.1 Å². The molecule has 0 radical (unpaired) electrons. The maximum Gasteiger partial charge on any atom is 0.407 e. The van der Waals surface area contributed by atoms with Gasteiger partial charge >= 0.3 is 6.09 Å². The van der Waals surface area contributed by atoms with Crippen LogP contribution in [0.4, 0.5) is 4.79 Å². The van der Waals surface area contributed by atoms with E-state index in [0.717, 1.165) is 12.0 Å². The molecule has 2 aromatic rings. The summed E-state index contributed by atoms with van der Waals surface area (Å²) in [6.07, 6.45) is -1.69. The molecule has 0 spiro atoms. The minimum absolute atomic E-state index is 0.000311. The molecule has 0 unspecified atom stereocenters. The third-order valence-electron chi connectivity index (χ3n) is 6.97. The molecule has 1 amide bonds. The molecular weight excluding hydrogens is 524 g/mol. The van der Waals surface area contributed by atoms with Gasteiger partial charge in [-0.3, -0.25) is 0 Å². The van der Waals surface area contributed by atoms with E-state index >= 15 is 0 Å². The standard InChI is InChI=1S/C28H38N2O8S/c1-19(2)16-30(39(33,34)22-11-9-21(35-3)10-12-22)17-25(31)24(15-20-7-5-4-6-8-20)29-28(32)38-26-18-37-27-23(26)13-14-36-27/h4-12,19,23-27,31H,13-18H2,1-3H3,(H,29,32)/t23-,24-,25+,26+,27+/m0/s1. The Balaban J connectivity index is 1.51. The number of benzene rings is 2. The van der Waals surface area contributed by atoms with Crippen molar-refractivity contribution in [3.05, 3.63) is 60.2 Å². The van der Waals surface area contributed by atoms with Gasteiger partial charge in [-0.05, 0) is 48.6 Å². The molecule has 11 heteroatoms. The molecule has 2 heterocycles. The van der Waals surface area contributed by atoms with Gasteiger partial charge in [0.05, 0.1) is 43.3 Å². The number of rotatable bonds is 12. The maximum absolute atomic E-state index is 13.6. The number of hydrogen-bond acceptors (Lipinski definition) is 8. The largest absolute Gasteiger partial charge is 0.497 e. The number of nitrogens with one attached hydrogen (secondary N) is 1. The molecule has 0 aliphatic carbocycles. The first-order chi connectivity index (χ1) is 18.7. The average molecular weight is 563 g/mol. The van der Waals surface area contributed by atoms with E-state index in [0.29, 0.717) is 12.4 Å². The van der Waals surface area contributed by atoms with Gasteiger partial charge in [0.15, 0.2) is 6.29 Å². The summed E-state index contributed by atoms with van der Waals surface area (Å²) >= 11 is 0. The van der Waals surface area contributed by atoms with Crippen LogP contribution >= 0.6 is 0 Å². The number of aliphatic hydroxyl groups excluding tert-OH is 1. The number of nitrogens with zero attached hydrogens (tertiary/aromatic N) is 1. The molecule has 214 valence electrons. The molecule has 0 saturated carbocycles. The fourth-order valence-corrected chi connectivity index (χ4v) is 6.55. The number of methoxy groups -OCH3 is 1. The van der Waals surface area contributed by atoms with Gasteiger partial charge in [-0.2, -0.15) is 4.31 Å². The highest BCUT2D eigenvalue weighted by atomic mass is 32.2. The van der Waals surface area contributed by atoms with Gasteiger partial charge in [0.1, 0.15) is 11.9 Å². The second-order valence-corrected chi connectivity index (χ2v) is 12.3. The van der Waals surface area contributed by atoms with Crippen molar-refractivity contribution in [2.24, 2.45) is 11.8 Å². The molecule has 2 saturated heterocycles. The third kappa shape index (κ3) is 7.49. The second kappa shape index (κ2) is 13.1. The van der Waals surface area contributed by atoms with Crippen LogP contribution in [-0.2, 0) is 30.7 Å². The van der Waals surface area contributed by atoms with Gasteiger partial charge in [-0.1, -0.05) is 44.2 Å². The predicted molar refractivity (Wildman–Crippen MR) is 144 cm³/mol. The number of aliphatic hydroxyl groups is 1. The van der Waals surface area contributed by atoms with E-state index in [4.69, 9.17) is 18.9 Å². The Morgan fingerprint density at radius 1 is 1.10 bits per heavy atom. The van der Waals surface area contributed by atoms with Gasteiger partial charge in [0, 0.05) is 13.1 Å². The summed E-state index contributed by atoms with van der Waals surface area (Å²) in [6.45, 7) is 4.59. The Morgan fingerprint density at radius 3 is 2.49 bits per heavy atom. The zero-order valence-electron chi connectivity index (χ0n) is 22.6. The number of carbonyl (C=O) groups is 1. The smallest absolute Gasteiger partial charge is 0.407 e. The summed E-state index contributed by atoms with van der Waals surface area (Å²) in [5.74, 6) is 0.516. The van der Waals surface area contributed by atoms with Gasteiger partial charge < -0.3 is 29.4 Å². The van der Waals surface area contributed by atoms with E-state index in [1.165, 1.54) is 23.5 Å². The number of amides is 1. The number of alkyl carbamates (subject to hydrolysis) is 1. The van der Waals surface area contributed by atoms with Gasteiger partial charge in [0.25, 0.3) is 0 Å². The monoisotopic (exact) mass is 562 g/mol. The van der Waals surface area contributed by atoms with Crippen molar-refractivity contribution in [3.8, 4) is 5.75 Å². The Bertz CT molecular complexity index is 1180. The summed E-state index contributed by atoms with van der Waals surface area (Å²) in [5.41, 5.74) is 0.878. The average Bonchev–Trinajstić information content (AvgIpc) is 3.53. The molecule has 2 aromatic carbocycles. The maximum atomic E-state index is 13.6. The fourth-order valence-electron chi connectivity index (χ4n) is 4.93. The van der Waals surface area contributed by atoms with Crippen molar-refractivity contribution in [3.63, 3.8) is 0 Å².